The highest BCUT2D eigenvalue weighted by molar-refractivity contribution is 7.80. The van der Waals surface area contributed by atoms with Crippen LogP contribution in [0.15, 0.2) is 18.2 Å². The number of alkyl halides is 2. The molecule has 0 saturated carbocycles. The zero-order valence-corrected chi connectivity index (χ0v) is 11.0. The standard InChI is InChI=1S/C12H15F3N2OS/c13-9-2-1-8(10(5-9)12(16)19)6-17(3-4-18)7-11(14)15/h1-2,5,11,18H,3-4,6-7H2,(H2,16,19). The fourth-order valence-electron chi connectivity index (χ4n) is 1.73. The van der Waals surface area contributed by atoms with Crippen LogP contribution in [-0.2, 0) is 6.54 Å². The van der Waals surface area contributed by atoms with Crippen molar-refractivity contribution < 1.29 is 18.3 Å². The summed E-state index contributed by atoms with van der Waals surface area (Å²) in [5, 5.41) is 8.85. The molecule has 0 atom stereocenters. The summed E-state index contributed by atoms with van der Waals surface area (Å²) in [5.41, 5.74) is 6.37. The molecule has 3 N–H and O–H groups in total. The Morgan fingerprint density at radius 1 is 1.42 bits per heavy atom. The van der Waals surface area contributed by atoms with Gasteiger partial charge in [-0.25, -0.2) is 13.2 Å². The molecule has 0 unspecified atom stereocenters. The molecule has 19 heavy (non-hydrogen) atoms. The molecule has 0 radical (unpaired) electrons. The molecule has 0 bridgehead atoms. The maximum absolute atomic E-state index is 13.1. The number of nitrogens with zero attached hydrogens (tertiary/aromatic N) is 1. The molecule has 1 rings (SSSR count). The van der Waals surface area contributed by atoms with Crippen LogP contribution < -0.4 is 5.73 Å². The van der Waals surface area contributed by atoms with Crippen LogP contribution in [0.25, 0.3) is 0 Å². The van der Waals surface area contributed by atoms with E-state index in [-0.39, 0.29) is 24.7 Å². The summed E-state index contributed by atoms with van der Waals surface area (Å²) in [4.78, 5) is 1.37. The van der Waals surface area contributed by atoms with Crippen molar-refractivity contribution in [1.82, 2.24) is 4.90 Å². The second-order valence-corrected chi connectivity index (χ2v) is 4.46. The maximum atomic E-state index is 13.1. The van der Waals surface area contributed by atoms with Crippen molar-refractivity contribution in [2.24, 2.45) is 5.73 Å². The number of hydrogen-bond donors (Lipinski definition) is 2. The first-order valence-corrected chi connectivity index (χ1v) is 6.04. The van der Waals surface area contributed by atoms with E-state index in [2.05, 4.69) is 0 Å². The Kier molecular flexibility index (Phi) is 6.20. The molecule has 0 saturated heterocycles. The molecule has 0 aliphatic rings. The lowest BCUT2D eigenvalue weighted by molar-refractivity contribution is 0.0746. The predicted molar refractivity (Wildman–Crippen MR) is 70.7 cm³/mol. The van der Waals surface area contributed by atoms with Gasteiger partial charge in [0.05, 0.1) is 13.2 Å². The number of rotatable bonds is 7. The van der Waals surface area contributed by atoms with Gasteiger partial charge in [0.25, 0.3) is 6.43 Å². The molecule has 3 nitrogen and oxygen atoms in total. The quantitative estimate of drug-likeness (QED) is 0.748. The van der Waals surface area contributed by atoms with Crippen LogP contribution >= 0.6 is 12.2 Å². The average Bonchev–Trinajstić information content (AvgIpc) is 2.30. The zero-order valence-electron chi connectivity index (χ0n) is 10.2. The van der Waals surface area contributed by atoms with Gasteiger partial charge in [0, 0.05) is 18.7 Å². The lowest BCUT2D eigenvalue weighted by Crippen LogP contribution is -2.32. The van der Waals surface area contributed by atoms with E-state index in [0.717, 1.165) is 0 Å². The third-order valence-electron chi connectivity index (χ3n) is 2.54. The second kappa shape index (κ2) is 7.42. The molecular weight excluding hydrogens is 277 g/mol. The van der Waals surface area contributed by atoms with E-state index in [1.807, 2.05) is 0 Å². The maximum Gasteiger partial charge on any atom is 0.251 e. The van der Waals surface area contributed by atoms with E-state index in [1.165, 1.54) is 23.1 Å². The lowest BCUT2D eigenvalue weighted by Gasteiger charge is -2.22. The minimum Gasteiger partial charge on any atom is -0.395 e. The fraction of sp³-hybridized carbons (Fsp3) is 0.417. The predicted octanol–water partition coefficient (Wildman–Crippen LogP) is 1.52. The number of thiocarbonyl (C=S) groups is 1. The number of aliphatic hydroxyl groups excluding tert-OH is 1. The van der Waals surface area contributed by atoms with Crippen molar-refractivity contribution in [3.8, 4) is 0 Å². The molecular formula is C12H15F3N2OS. The molecule has 7 heteroatoms. The van der Waals surface area contributed by atoms with Gasteiger partial charge in [0.1, 0.15) is 10.8 Å². The lowest BCUT2D eigenvalue weighted by atomic mass is 10.1. The zero-order chi connectivity index (χ0) is 14.4. The van der Waals surface area contributed by atoms with Gasteiger partial charge in [-0.15, -0.1) is 0 Å². The van der Waals surface area contributed by atoms with Crippen molar-refractivity contribution in [1.29, 1.82) is 0 Å². The summed E-state index contributed by atoms with van der Waals surface area (Å²) in [6.45, 7) is -0.499. The Bertz CT molecular complexity index is 443. The molecule has 0 spiro atoms. The Morgan fingerprint density at radius 3 is 2.63 bits per heavy atom. The van der Waals surface area contributed by atoms with Gasteiger partial charge in [0.2, 0.25) is 0 Å². The smallest absolute Gasteiger partial charge is 0.251 e. The number of nitrogens with two attached hydrogens (primary N) is 1. The Morgan fingerprint density at radius 2 is 2.11 bits per heavy atom. The third-order valence-corrected chi connectivity index (χ3v) is 2.76. The highest BCUT2D eigenvalue weighted by atomic mass is 32.1. The number of benzene rings is 1. The van der Waals surface area contributed by atoms with E-state index >= 15 is 0 Å². The van der Waals surface area contributed by atoms with Crippen molar-refractivity contribution >= 4 is 17.2 Å². The first-order chi connectivity index (χ1) is 8.93. The van der Waals surface area contributed by atoms with Crippen LogP contribution in [0.4, 0.5) is 13.2 Å². The summed E-state index contributed by atoms with van der Waals surface area (Å²) in [6, 6.07) is 3.85. The van der Waals surface area contributed by atoms with E-state index in [9.17, 15) is 13.2 Å². The van der Waals surface area contributed by atoms with E-state index < -0.39 is 18.8 Å². The summed E-state index contributed by atoms with van der Waals surface area (Å²) in [5.74, 6) is -0.492. The van der Waals surface area contributed by atoms with Crippen LogP contribution in [0.2, 0.25) is 0 Å². The molecule has 0 fully saturated rings. The number of hydrogen-bond acceptors (Lipinski definition) is 3. The molecule has 0 aliphatic heterocycles. The third kappa shape index (κ3) is 5.14. The van der Waals surface area contributed by atoms with Gasteiger partial charge in [-0.3, -0.25) is 4.90 Å². The SMILES string of the molecule is NC(=S)c1cc(F)ccc1CN(CCO)CC(F)F. The first-order valence-electron chi connectivity index (χ1n) is 5.63. The van der Waals surface area contributed by atoms with Crippen LogP contribution in [0.3, 0.4) is 0 Å². The number of halogens is 3. The Labute approximate surface area is 114 Å². The highest BCUT2D eigenvalue weighted by Gasteiger charge is 2.15. The first kappa shape index (κ1) is 15.9. The van der Waals surface area contributed by atoms with Crippen molar-refractivity contribution in [2.75, 3.05) is 19.7 Å². The molecule has 0 amide bonds. The number of aliphatic hydroxyl groups is 1. The fourth-order valence-corrected chi connectivity index (χ4v) is 1.92. The van der Waals surface area contributed by atoms with E-state index in [0.29, 0.717) is 11.1 Å². The summed E-state index contributed by atoms with van der Waals surface area (Å²) >= 11 is 4.81. The topological polar surface area (TPSA) is 49.5 Å². The minimum absolute atomic E-state index is 0.00972. The van der Waals surface area contributed by atoms with E-state index in [4.69, 9.17) is 23.1 Å². The summed E-state index contributed by atoms with van der Waals surface area (Å²) < 4.78 is 37.9. The van der Waals surface area contributed by atoms with Gasteiger partial charge in [0.15, 0.2) is 0 Å². The molecule has 0 heterocycles. The second-order valence-electron chi connectivity index (χ2n) is 4.02. The monoisotopic (exact) mass is 292 g/mol. The highest BCUT2D eigenvalue weighted by Crippen LogP contribution is 2.15. The van der Waals surface area contributed by atoms with Crippen molar-refractivity contribution in [3.63, 3.8) is 0 Å². The van der Waals surface area contributed by atoms with Gasteiger partial charge in [-0.2, -0.15) is 0 Å². The van der Waals surface area contributed by atoms with Crippen LogP contribution in [-0.4, -0.2) is 41.1 Å². The molecule has 1 aromatic rings. The largest absolute Gasteiger partial charge is 0.395 e. The van der Waals surface area contributed by atoms with Crippen molar-refractivity contribution in [3.05, 3.63) is 35.1 Å². The Balaban J connectivity index is 2.91. The molecule has 0 aromatic heterocycles. The van der Waals surface area contributed by atoms with Gasteiger partial charge in [-0.1, -0.05) is 18.3 Å². The molecule has 106 valence electrons. The molecule has 1 aromatic carbocycles. The summed E-state index contributed by atoms with van der Waals surface area (Å²) in [7, 11) is 0. The molecule has 0 aliphatic carbocycles. The van der Waals surface area contributed by atoms with Crippen LogP contribution in [0.5, 0.6) is 0 Å². The normalized spacial score (nSPS) is 11.3. The summed E-state index contributed by atoms with van der Waals surface area (Å²) in [6.07, 6.45) is -2.51. The van der Waals surface area contributed by atoms with E-state index in [1.54, 1.807) is 0 Å². The van der Waals surface area contributed by atoms with Crippen molar-refractivity contribution in [2.45, 2.75) is 13.0 Å². The minimum atomic E-state index is -2.51. The van der Waals surface area contributed by atoms with Gasteiger partial charge < -0.3 is 10.8 Å². The average molecular weight is 292 g/mol. The van der Waals surface area contributed by atoms with Crippen LogP contribution in [0.1, 0.15) is 11.1 Å². The Hall–Kier alpha value is -1.18. The van der Waals surface area contributed by atoms with Crippen LogP contribution in [0, 0.1) is 5.82 Å². The van der Waals surface area contributed by atoms with Gasteiger partial charge in [-0.05, 0) is 17.7 Å². The van der Waals surface area contributed by atoms with Gasteiger partial charge >= 0.3 is 0 Å².